The third-order valence-electron chi connectivity index (χ3n) is 3.80. The maximum atomic E-state index is 14.0. The van der Waals surface area contributed by atoms with Gasteiger partial charge in [0.15, 0.2) is 0 Å². The lowest BCUT2D eigenvalue weighted by Gasteiger charge is -2.46. The largest absolute Gasteiger partial charge is 0.453 e. The van der Waals surface area contributed by atoms with E-state index in [1.807, 2.05) is 0 Å². The molecule has 2 aromatic carbocycles. The zero-order valence-corrected chi connectivity index (χ0v) is 13.5. The fourth-order valence-electron chi connectivity index (χ4n) is 2.72. The van der Waals surface area contributed by atoms with E-state index in [9.17, 15) is 18.0 Å². The summed E-state index contributed by atoms with van der Waals surface area (Å²) < 4.78 is 47.4. The molecule has 0 spiro atoms. The zero-order chi connectivity index (χ0) is 16.8. The molecule has 3 nitrogen and oxygen atoms in total. The summed E-state index contributed by atoms with van der Waals surface area (Å²) in [6, 6.07) is 11.6. The van der Waals surface area contributed by atoms with Crippen LogP contribution < -0.4 is 4.90 Å². The predicted molar refractivity (Wildman–Crippen MR) is 82.1 cm³/mol. The predicted octanol–water partition coefficient (Wildman–Crippen LogP) is 4.47. The van der Waals surface area contributed by atoms with Crippen LogP contribution in [0.15, 0.2) is 53.0 Å². The van der Waals surface area contributed by atoms with Crippen LogP contribution in [0.3, 0.4) is 0 Å². The molecule has 0 unspecified atom stereocenters. The lowest BCUT2D eigenvalue weighted by atomic mass is 9.96. The van der Waals surface area contributed by atoms with E-state index in [4.69, 9.17) is 4.74 Å². The molecule has 120 valence electrons. The minimum Gasteiger partial charge on any atom is -0.421 e. The lowest BCUT2D eigenvalue weighted by Crippen LogP contribution is -2.60. The van der Waals surface area contributed by atoms with Crippen molar-refractivity contribution in [2.45, 2.75) is 11.9 Å². The normalized spacial score (nSPS) is 20.9. The topological polar surface area (TPSA) is 29.5 Å². The molecule has 0 bridgehead atoms. The molecular formula is C16H11BrF3NO2. The highest BCUT2D eigenvalue weighted by atomic mass is 79.9. The van der Waals surface area contributed by atoms with Crippen molar-refractivity contribution in [3.8, 4) is 0 Å². The Labute approximate surface area is 138 Å². The fraction of sp³-hybridized carbons (Fsp3) is 0.188. The number of anilines is 1. The van der Waals surface area contributed by atoms with Crippen LogP contribution in [-0.2, 0) is 10.5 Å². The Balaban J connectivity index is 2.27. The number of carbonyl (C=O) groups excluding carboxylic acids is 1. The van der Waals surface area contributed by atoms with Gasteiger partial charge in [-0.15, -0.1) is 0 Å². The van der Waals surface area contributed by atoms with Gasteiger partial charge >= 0.3 is 17.9 Å². The van der Waals surface area contributed by atoms with Crippen molar-refractivity contribution in [1.29, 1.82) is 0 Å². The summed E-state index contributed by atoms with van der Waals surface area (Å²) in [6.07, 6.45) is -4.82. The first kappa shape index (κ1) is 15.9. The Hall–Kier alpha value is -2.02. The summed E-state index contributed by atoms with van der Waals surface area (Å²) in [7, 11) is 1.26. The number of hydrogen-bond acceptors (Lipinski definition) is 3. The third-order valence-corrected chi connectivity index (χ3v) is 4.30. The van der Waals surface area contributed by atoms with Gasteiger partial charge in [0.2, 0.25) is 0 Å². The molecule has 0 radical (unpaired) electrons. The number of fused-ring (bicyclic) bond motifs is 1. The van der Waals surface area contributed by atoms with Crippen LogP contribution in [0.5, 0.6) is 0 Å². The second kappa shape index (κ2) is 5.26. The van der Waals surface area contributed by atoms with Crippen molar-refractivity contribution in [3.63, 3.8) is 0 Å². The molecule has 0 N–H and O–H groups in total. The molecule has 0 fully saturated rings. The average Bonchev–Trinajstić information content (AvgIpc) is 2.50. The van der Waals surface area contributed by atoms with Crippen molar-refractivity contribution in [3.05, 3.63) is 64.1 Å². The maximum Gasteiger partial charge on any atom is 0.453 e. The van der Waals surface area contributed by atoms with Crippen LogP contribution in [0.2, 0.25) is 0 Å². The third kappa shape index (κ3) is 2.30. The molecule has 3 rings (SSSR count). The van der Waals surface area contributed by atoms with E-state index in [1.54, 1.807) is 12.1 Å². The number of ether oxygens (including phenoxy) is 1. The fourth-order valence-corrected chi connectivity index (χ4v) is 3.08. The molecule has 1 aliphatic heterocycles. The van der Waals surface area contributed by atoms with Crippen LogP contribution in [0.4, 0.5) is 18.9 Å². The van der Waals surface area contributed by atoms with Crippen LogP contribution in [0, 0.1) is 0 Å². The van der Waals surface area contributed by atoms with E-state index in [0.717, 1.165) is 4.90 Å². The summed E-state index contributed by atoms with van der Waals surface area (Å²) in [6.45, 7) is 0. The van der Waals surface area contributed by atoms with Crippen molar-refractivity contribution >= 4 is 27.6 Å². The monoisotopic (exact) mass is 385 g/mol. The molecule has 1 aliphatic rings. The summed E-state index contributed by atoms with van der Waals surface area (Å²) in [5.41, 5.74) is -2.77. The molecule has 0 saturated heterocycles. The minimum absolute atomic E-state index is 0.0812. The molecule has 0 aromatic heterocycles. The van der Waals surface area contributed by atoms with E-state index >= 15 is 0 Å². The molecule has 0 aliphatic carbocycles. The van der Waals surface area contributed by atoms with Gasteiger partial charge in [0.25, 0.3) is 0 Å². The number of rotatable bonds is 1. The molecule has 1 heterocycles. The van der Waals surface area contributed by atoms with Gasteiger partial charge in [0.05, 0.1) is 11.3 Å². The first-order valence-electron chi connectivity index (χ1n) is 6.66. The molecule has 0 saturated carbocycles. The van der Waals surface area contributed by atoms with Gasteiger partial charge in [-0.2, -0.15) is 13.2 Å². The number of benzene rings is 2. The van der Waals surface area contributed by atoms with Crippen LogP contribution in [0.1, 0.15) is 15.9 Å². The highest BCUT2D eigenvalue weighted by Crippen LogP contribution is 2.50. The highest BCUT2D eigenvalue weighted by molar-refractivity contribution is 9.10. The molecule has 7 heteroatoms. The molecule has 2 aromatic rings. The number of halogens is 4. The van der Waals surface area contributed by atoms with Gasteiger partial charge in [0, 0.05) is 17.1 Å². The van der Waals surface area contributed by atoms with E-state index in [-0.39, 0.29) is 16.8 Å². The highest BCUT2D eigenvalue weighted by Gasteiger charge is 2.65. The number of esters is 1. The molecule has 0 amide bonds. The Bertz CT molecular complexity index is 764. The number of hydrogen-bond donors (Lipinski definition) is 0. The van der Waals surface area contributed by atoms with Crippen molar-refractivity contribution in [2.75, 3.05) is 11.9 Å². The van der Waals surface area contributed by atoms with Gasteiger partial charge in [-0.25, -0.2) is 4.79 Å². The standard InChI is InChI=1S/C16H11BrF3NO2/c1-21-13-8-7-11(17)9-12(13)14(22)23-15(21,16(18,19)20)10-5-3-2-4-6-10/h2-9H,1H3/t15-/m0/s1. The van der Waals surface area contributed by atoms with Gasteiger partial charge < -0.3 is 9.64 Å². The number of alkyl halides is 3. The van der Waals surface area contributed by atoms with E-state index in [0.29, 0.717) is 4.47 Å². The zero-order valence-electron chi connectivity index (χ0n) is 11.9. The first-order chi connectivity index (χ1) is 10.8. The molecular weight excluding hydrogens is 375 g/mol. The second-order valence-electron chi connectivity index (χ2n) is 5.12. The average molecular weight is 386 g/mol. The van der Waals surface area contributed by atoms with E-state index in [1.165, 1.54) is 43.4 Å². The van der Waals surface area contributed by atoms with Gasteiger partial charge in [-0.05, 0) is 18.2 Å². The van der Waals surface area contributed by atoms with E-state index in [2.05, 4.69) is 15.9 Å². The van der Waals surface area contributed by atoms with Crippen molar-refractivity contribution in [2.24, 2.45) is 0 Å². The first-order valence-corrected chi connectivity index (χ1v) is 7.45. The SMILES string of the molecule is CN1c2ccc(Br)cc2C(=O)O[C@@]1(c1ccccc1)C(F)(F)F. The number of nitrogens with zero attached hydrogens (tertiary/aromatic N) is 1. The van der Waals surface area contributed by atoms with Crippen molar-refractivity contribution in [1.82, 2.24) is 0 Å². The summed E-state index contributed by atoms with van der Waals surface area (Å²) in [4.78, 5) is 13.2. The summed E-state index contributed by atoms with van der Waals surface area (Å²) in [5.74, 6) is -1.01. The smallest absolute Gasteiger partial charge is 0.421 e. The summed E-state index contributed by atoms with van der Waals surface area (Å²) in [5, 5.41) is 0. The van der Waals surface area contributed by atoms with E-state index < -0.39 is 17.9 Å². The number of carbonyl (C=O) groups is 1. The molecule has 23 heavy (non-hydrogen) atoms. The molecule has 1 atom stereocenters. The summed E-state index contributed by atoms with van der Waals surface area (Å²) >= 11 is 3.20. The Morgan fingerprint density at radius 1 is 1.13 bits per heavy atom. The van der Waals surface area contributed by atoms with Crippen LogP contribution in [0.25, 0.3) is 0 Å². The lowest BCUT2D eigenvalue weighted by molar-refractivity contribution is -0.265. The van der Waals surface area contributed by atoms with Gasteiger partial charge in [-0.3, -0.25) is 0 Å². The Kier molecular flexibility index (Phi) is 3.63. The second-order valence-corrected chi connectivity index (χ2v) is 6.03. The number of cyclic esters (lactones) is 1. The Morgan fingerprint density at radius 2 is 1.78 bits per heavy atom. The Morgan fingerprint density at radius 3 is 2.39 bits per heavy atom. The van der Waals surface area contributed by atoms with Crippen LogP contribution >= 0.6 is 15.9 Å². The van der Waals surface area contributed by atoms with Gasteiger partial charge in [0.1, 0.15) is 0 Å². The minimum atomic E-state index is -4.82. The van der Waals surface area contributed by atoms with Crippen LogP contribution in [-0.4, -0.2) is 19.2 Å². The quantitative estimate of drug-likeness (QED) is 0.678. The van der Waals surface area contributed by atoms with Crippen molar-refractivity contribution < 1.29 is 22.7 Å². The van der Waals surface area contributed by atoms with Gasteiger partial charge in [-0.1, -0.05) is 46.3 Å². The maximum absolute atomic E-state index is 14.0.